The molecule has 2 N–H and O–H groups in total. The first kappa shape index (κ1) is 19.6. The number of nitrogens with one attached hydrogen (secondary N) is 2. The first-order valence-electron chi connectivity index (χ1n) is 8.38. The molecule has 0 saturated heterocycles. The second-order valence-corrected chi connectivity index (χ2v) is 6.02. The van der Waals surface area contributed by atoms with Gasteiger partial charge in [0, 0.05) is 12.8 Å². The van der Waals surface area contributed by atoms with Gasteiger partial charge >= 0.3 is 11.8 Å². The van der Waals surface area contributed by atoms with Crippen molar-refractivity contribution in [3.8, 4) is 0 Å². The van der Waals surface area contributed by atoms with Crippen molar-refractivity contribution in [2.75, 3.05) is 19.0 Å². The first-order valence-corrected chi connectivity index (χ1v) is 8.38. The summed E-state index contributed by atoms with van der Waals surface area (Å²) in [5.41, 5.74) is 0.868. The van der Waals surface area contributed by atoms with Gasteiger partial charge in [0.15, 0.2) is 0 Å². The fourth-order valence-corrected chi connectivity index (χ4v) is 2.67. The molecular formula is C20H23FN2O3. The topological polar surface area (TPSA) is 67.4 Å². The van der Waals surface area contributed by atoms with Gasteiger partial charge in [0.05, 0.1) is 6.54 Å². The fourth-order valence-electron chi connectivity index (χ4n) is 2.67. The summed E-state index contributed by atoms with van der Waals surface area (Å²) in [5.74, 6) is -2.11. The summed E-state index contributed by atoms with van der Waals surface area (Å²) in [4.78, 5) is 24.2. The van der Waals surface area contributed by atoms with Gasteiger partial charge in [-0.15, -0.1) is 0 Å². The highest BCUT2D eigenvalue weighted by Gasteiger charge is 2.31. The molecule has 1 atom stereocenters. The monoisotopic (exact) mass is 358 g/mol. The number of rotatable bonds is 6. The van der Waals surface area contributed by atoms with Crippen molar-refractivity contribution in [3.05, 3.63) is 65.5 Å². The summed E-state index contributed by atoms with van der Waals surface area (Å²) in [6.07, 6.45) is 0.610. The SMILES string of the molecule is CCC(CNC(=O)C(=O)Nc1ccc(C)c(F)c1)(OC)c1ccccc1. The number of hydrogen-bond donors (Lipinski definition) is 2. The summed E-state index contributed by atoms with van der Waals surface area (Å²) >= 11 is 0. The molecule has 0 radical (unpaired) electrons. The zero-order chi connectivity index (χ0) is 19.2. The summed E-state index contributed by atoms with van der Waals surface area (Å²) in [6, 6.07) is 13.7. The number of amides is 2. The minimum atomic E-state index is -0.859. The molecule has 2 aromatic carbocycles. The van der Waals surface area contributed by atoms with E-state index in [1.165, 1.54) is 12.1 Å². The van der Waals surface area contributed by atoms with E-state index in [0.29, 0.717) is 12.0 Å². The lowest BCUT2D eigenvalue weighted by atomic mass is 9.90. The number of carbonyl (C=O) groups is 2. The second kappa shape index (κ2) is 8.58. The Kier molecular flexibility index (Phi) is 6.46. The van der Waals surface area contributed by atoms with E-state index in [2.05, 4.69) is 10.6 Å². The lowest BCUT2D eigenvalue weighted by Crippen LogP contribution is -2.45. The highest BCUT2D eigenvalue weighted by atomic mass is 19.1. The Labute approximate surface area is 152 Å². The van der Waals surface area contributed by atoms with Gasteiger partial charge in [0.2, 0.25) is 0 Å². The molecule has 0 bridgehead atoms. The molecule has 0 heterocycles. The maximum atomic E-state index is 13.5. The summed E-state index contributed by atoms with van der Waals surface area (Å²) in [6.45, 7) is 3.70. The number of anilines is 1. The van der Waals surface area contributed by atoms with Gasteiger partial charge in [-0.3, -0.25) is 9.59 Å². The van der Waals surface area contributed by atoms with E-state index < -0.39 is 23.2 Å². The maximum absolute atomic E-state index is 13.5. The molecule has 2 rings (SSSR count). The van der Waals surface area contributed by atoms with Crippen molar-refractivity contribution in [3.63, 3.8) is 0 Å². The van der Waals surface area contributed by atoms with E-state index in [1.807, 2.05) is 37.3 Å². The largest absolute Gasteiger partial charge is 0.372 e. The van der Waals surface area contributed by atoms with Crippen molar-refractivity contribution in [1.29, 1.82) is 0 Å². The number of hydrogen-bond acceptors (Lipinski definition) is 3. The zero-order valence-corrected chi connectivity index (χ0v) is 15.1. The van der Waals surface area contributed by atoms with E-state index in [9.17, 15) is 14.0 Å². The van der Waals surface area contributed by atoms with E-state index in [4.69, 9.17) is 4.74 Å². The van der Waals surface area contributed by atoms with Gasteiger partial charge in [0.1, 0.15) is 11.4 Å². The third kappa shape index (κ3) is 4.46. The Morgan fingerprint density at radius 1 is 1.12 bits per heavy atom. The van der Waals surface area contributed by atoms with E-state index in [-0.39, 0.29) is 12.2 Å². The van der Waals surface area contributed by atoms with Crippen molar-refractivity contribution < 1.29 is 18.7 Å². The van der Waals surface area contributed by atoms with Crippen LogP contribution in [-0.2, 0) is 19.9 Å². The molecule has 0 fully saturated rings. The average Bonchev–Trinajstić information content (AvgIpc) is 2.66. The van der Waals surface area contributed by atoms with Crippen LogP contribution in [0.5, 0.6) is 0 Å². The zero-order valence-electron chi connectivity index (χ0n) is 15.1. The number of halogens is 1. The molecule has 26 heavy (non-hydrogen) atoms. The van der Waals surface area contributed by atoms with E-state index in [0.717, 1.165) is 5.56 Å². The molecule has 0 aromatic heterocycles. The van der Waals surface area contributed by atoms with Crippen LogP contribution in [0, 0.1) is 12.7 Å². The summed E-state index contributed by atoms with van der Waals surface area (Å²) in [7, 11) is 1.57. The number of benzene rings is 2. The first-order chi connectivity index (χ1) is 12.4. The van der Waals surface area contributed by atoms with Gasteiger partial charge in [-0.05, 0) is 36.6 Å². The summed E-state index contributed by atoms with van der Waals surface area (Å²) in [5, 5.41) is 4.99. The van der Waals surface area contributed by atoms with Gasteiger partial charge in [0.25, 0.3) is 0 Å². The average molecular weight is 358 g/mol. The molecule has 0 saturated carbocycles. The van der Waals surface area contributed by atoms with Crippen LogP contribution in [0.1, 0.15) is 24.5 Å². The Morgan fingerprint density at radius 3 is 2.38 bits per heavy atom. The molecule has 0 spiro atoms. The Morgan fingerprint density at radius 2 is 1.81 bits per heavy atom. The predicted molar refractivity (Wildman–Crippen MR) is 98.2 cm³/mol. The Balaban J connectivity index is 2.03. The van der Waals surface area contributed by atoms with E-state index >= 15 is 0 Å². The van der Waals surface area contributed by atoms with Gasteiger partial charge in [-0.25, -0.2) is 4.39 Å². The van der Waals surface area contributed by atoms with Crippen molar-refractivity contribution in [1.82, 2.24) is 5.32 Å². The second-order valence-electron chi connectivity index (χ2n) is 6.02. The molecular weight excluding hydrogens is 335 g/mol. The van der Waals surface area contributed by atoms with Crippen LogP contribution in [0.15, 0.2) is 48.5 Å². The predicted octanol–water partition coefficient (Wildman–Crippen LogP) is 3.14. The van der Waals surface area contributed by atoms with Crippen molar-refractivity contribution in [2.45, 2.75) is 25.9 Å². The smallest absolute Gasteiger partial charge is 0.313 e. The van der Waals surface area contributed by atoms with E-state index in [1.54, 1.807) is 20.1 Å². The molecule has 138 valence electrons. The third-order valence-electron chi connectivity index (χ3n) is 4.43. The van der Waals surface area contributed by atoms with Gasteiger partial charge in [-0.2, -0.15) is 0 Å². The van der Waals surface area contributed by atoms with Crippen LogP contribution in [0.25, 0.3) is 0 Å². The number of ether oxygens (including phenoxy) is 1. The van der Waals surface area contributed by atoms with Crippen LogP contribution in [0.2, 0.25) is 0 Å². The van der Waals surface area contributed by atoms with Gasteiger partial charge in [-0.1, -0.05) is 43.3 Å². The number of aryl methyl sites for hydroxylation is 1. The molecule has 0 aliphatic carbocycles. The molecule has 0 aliphatic rings. The Hall–Kier alpha value is -2.73. The van der Waals surface area contributed by atoms with Crippen LogP contribution < -0.4 is 10.6 Å². The lowest BCUT2D eigenvalue weighted by molar-refractivity contribution is -0.137. The molecule has 0 aliphatic heterocycles. The van der Waals surface area contributed by atoms with Crippen molar-refractivity contribution in [2.24, 2.45) is 0 Å². The van der Waals surface area contributed by atoms with Gasteiger partial charge < -0.3 is 15.4 Å². The van der Waals surface area contributed by atoms with Crippen LogP contribution >= 0.6 is 0 Å². The summed E-state index contributed by atoms with van der Waals surface area (Å²) < 4.78 is 19.2. The molecule has 6 heteroatoms. The Bertz CT molecular complexity index is 774. The normalized spacial score (nSPS) is 12.9. The highest BCUT2D eigenvalue weighted by Crippen LogP contribution is 2.28. The minimum absolute atomic E-state index is 0.137. The lowest BCUT2D eigenvalue weighted by Gasteiger charge is -2.32. The number of methoxy groups -OCH3 is 1. The number of carbonyl (C=O) groups excluding carboxylic acids is 2. The van der Waals surface area contributed by atoms with Crippen molar-refractivity contribution >= 4 is 17.5 Å². The molecule has 1 unspecified atom stereocenters. The molecule has 2 amide bonds. The molecule has 2 aromatic rings. The standard InChI is InChI=1S/C20H23FN2O3/c1-4-20(26-3,15-8-6-5-7-9-15)13-22-18(24)19(25)23-16-11-10-14(2)17(21)12-16/h5-12H,4,13H2,1-3H3,(H,22,24)(H,23,25). The fraction of sp³-hybridized carbons (Fsp3) is 0.300. The molecule has 5 nitrogen and oxygen atoms in total. The van der Waals surface area contributed by atoms with Crippen LogP contribution in [-0.4, -0.2) is 25.5 Å². The maximum Gasteiger partial charge on any atom is 0.313 e. The van der Waals surface area contributed by atoms with Crippen LogP contribution in [0.4, 0.5) is 10.1 Å². The third-order valence-corrected chi connectivity index (χ3v) is 4.43. The minimum Gasteiger partial charge on any atom is -0.372 e. The quantitative estimate of drug-likeness (QED) is 0.780. The van der Waals surface area contributed by atoms with Crippen LogP contribution in [0.3, 0.4) is 0 Å². The highest BCUT2D eigenvalue weighted by molar-refractivity contribution is 6.39.